The van der Waals surface area contributed by atoms with Crippen molar-refractivity contribution >= 4 is 17.7 Å². The van der Waals surface area contributed by atoms with Crippen LogP contribution in [0.1, 0.15) is 35.9 Å². The molecule has 5 heteroatoms. The summed E-state index contributed by atoms with van der Waals surface area (Å²) in [4.78, 5) is 11.2. The van der Waals surface area contributed by atoms with Crippen molar-refractivity contribution in [3.05, 3.63) is 23.7 Å². The fourth-order valence-electron chi connectivity index (χ4n) is 1.14. The molecule has 0 atom stereocenters. The lowest BCUT2D eigenvalue weighted by atomic mass is 10.3. The molecule has 0 saturated heterocycles. The number of amides is 1. The average molecular weight is 228 g/mol. The lowest BCUT2D eigenvalue weighted by Gasteiger charge is -2.01. The van der Waals surface area contributed by atoms with E-state index in [0.717, 1.165) is 17.1 Å². The highest BCUT2D eigenvalue weighted by molar-refractivity contribution is 7.98. The first-order valence-corrected chi connectivity index (χ1v) is 6.10. The molecular formula is C10H16N2O2S. The van der Waals surface area contributed by atoms with Gasteiger partial charge in [0, 0.05) is 11.3 Å². The SMILES string of the molecule is CCCCSCc1ccoc1C(=O)NN. The van der Waals surface area contributed by atoms with Crippen molar-refractivity contribution in [2.45, 2.75) is 25.5 Å². The Morgan fingerprint density at radius 3 is 3.13 bits per heavy atom. The first-order valence-electron chi connectivity index (χ1n) is 4.94. The highest BCUT2D eigenvalue weighted by Crippen LogP contribution is 2.18. The van der Waals surface area contributed by atoms with Crippen molar-refractivity contribution in [3.63, 3.8) is 0 Å². The molecule has 1 aromatic heterocycles. The minimum absolute atomic E-state index is 0.321. The Bertz CT molecular complexity index is 312. The van der Waals surface area contributed by atoms with E-state index >= 15 is 0 Å². The van der Waals surface area contributed by atoms with Crippen LogP contribution in [-0.4, -0.2) is 11.7 Å². The number of carbonyl (C=O) groups is 1. The van der Waals surface area contributed by atoms with E-state index in [9.17, 15) is 4.79 Å². The van der Waals surface area contributed by atoms with Crippen molar-refractivity contribution in [3.8, 4) is 0 Å². The van der Waals surface area contributed by atoms with Crippen molar-refractivity contribution < 1.29 is 9.21 Å². The van der Waals surface area contributed by atoms with Crippen LogP contribution in [0.4, 0.5) is 0 Å². The van der Waals surface area contributed by atoms with Gasteiger partial charge < -0.3 is 4.42 Å². The lowest BCUT2D eigenvalue weighted by Crippen LogP contribution is -2.30. The van der Waals surface area contributed by atoms with Crippen LogP contribution in [0, 0.1) is 0 Å². The largest absolute Gasteiger partial charge is 0.459 e. The molecule has 0 aliphatic heterocycles. The number of nitrogen functional groups attached to an aromatic ring is 1. The molecule has 0 spiro atoms. The number of unbranched alkanes of at least 4 members (excludes halogenated alkanes) is 1. The predicted octanol–water partition coefficient (Wildman–Crippen LogP) is 1.92. The summed E-state index contributed by atoms with van der Waals surface area (Å²) >= 11 is 1.80. The van der Waals surface area contributed by atoms with Crippen LogP contribution >= 0.6 is 11.8 Å². The summed E-state index contributed by atoms with van der Waals surface area (Å²) in [6.45, 7) is 2.16. The van der Waals surface area contributed by atoms with Crippen molar-refractivity contribution in [1.82, 2.24) is 5.43 Å². The van der Waals surface area contributed by atoms with Gasteiger partial charge in [-0.3, -0.25) is 10.2 Å². The summed E-state index contributed by atoms with van der Waals surface area (Å²) < 4.78 is 5.07. The Morgan fingerprint density at radius 1 is 1.67 bits per heavy atom. The van der Waals surface area contributed by atoms with Crippen LogP contribution in [0.5, 0.6) is 0 Å². The lowest BCUT2D eigenvalue weighted by molar-refractivity contribution is 0.0925. The summed E-state index contributed by atoms with van der Waals surface area (Å²) in [6.07, 6.45) is 3.90. The maximum absolute atomic E-state index is 11.2. The molecule has 1 amide bonds. The molecule has 0 aliphatic rings. The molecular weight excluding hydrogens is 212 g/mol. The van der Waals surface area contributed by atoms with E-state index in [0.29, 0.717) is 5.76 Å². The second-order valence-corrected chi connectivity index (χ2v) is 4.26. The van der Waals surface area contributed by atoms with E-state index < -0.39 is 0 Å². The zero-order valence-corrected chi connectivity index (χ0v) is 9.60. The number of hydrogen-bond donors (Lipinski definition) is 2. The van der Waals surface area contributed by atoms with Gasteiger partial charge in [0.1, 0.15) is 0 Å². The maximum Gasteiger partial charge on any atom is 0.301 e. The van der Waals surface area contributed by atoms with Crippen LogP contribution in [0.25, 0.3) is 0 Å². The number of hydrogen-bond acceptors (Lipinski definition) is 4. The van der Waals surface area contributed by atoms with Crippen molar-refractivity contribution in [2.24, 2.45) is 5.84 Å². The summed E-state index contributed by atoms with van der Waals surface area (Å²) in [6, 6.07) is 1.81. The highest BCUT2D eigenvalue weighted by Gasteiger charge is 2.13. The van der Waals surface area contributed by atoms with Gasteiger partial charge in [-0.25, -0.2) is 5.84 Å². The number of nitrogens with one attached hydrogen (secondary N) is 1. The Kier molecular flexibility index (Phi) is 5.28. The van der Waals surface area contributed by atoms with Crippen molar-refractivity contribution in [1.29, 1.82) is 0 Å². The van der Waals surface area contributed by atoms with Gasteiger partial charge in [0.15, 0.2) is 5.76 Å². The molecule has 15 heavy (non-hydrogen) atoms. The maximum atomic E-state index is 11.2. The summed E-state index contributed by atoms with van der Waals surface area (Å²) in [7, 11) is 0. The number of furan rings is 1. The number of rotatable bonds is 6. The topological polar surface area (TPSA) is 68.3 Å². The highest BCUT2D eigenvalue weighted by atomic mass is 32.2. The van der Waals surface area contributed by atoms with Crippen LogP contribution in [0.3, 0.4) is 0 Å². The molecule has 3 N–H and O–H groups in total. The van der Waals surface area contributed by atoms with E-state index in [1.54, 1.807) is 11.8 Å². The van der Waals surface area contributed by atoms with Gasteiger partial charge in [-0.2, -0.15) is 11.8 Å². The second kappa shape index (κ2) is 6.53. The Labute approximate surface area is 93.6 Å². The van der Waals surface area contributed by atoms with Gasteiger partial charge in [0.25, 0.3) is 0 Å². The van der Waals surface area contributed by atoms with Crippen LogP contribution < -0.4 is 11.3 Å². The molecule has 84 valence electrons. The number of hydrazine groups is 1. The Hall–Kier alpha value is -0.940. The Balaban J connectivity index is 2.46. The van der Waals surface area contributed by atoms with E-state index in [1.807, 2.05) is 6.07 Å². The minimum Gasteiger partial charge on any atom is -0.459 e. The summed E-state index contributed by atoms with van der Waals surface area (Å²) in [5.74, 6) is 6.89. The van der Waals surface area contributed by atoms with Gasteiger partial charge >= 0.3 is 5.91 Å². The third kappa shape index (κ3) is 3.60. The first-order chi connectivity index (χ1) is 7.29. The van der Waals surface area contributed by atoms with Gasteiger partial charge in [0.05, 0.1) is 6.26 Å². The van der Waals surface area contributed by atoms with E-state index in [-0.39, 0.29) is 5.91 Å². The monoisotopic (exact) mass is 228 g/mol. The quantitative estimate of drug-likeness (QED) is 0.338. The van der Waals surface area contributed by atoms with E-state index in [4.69, 9.17) is 10.3 Å². The molecule has 0 saturated carbocycles. The normalized spacial score (nSPS) is 10.3. The standard InChI is InChI=1S/C10H16N2O2S/c1-2-3-6-15-7-8-4-5-14-9(8)10(13)12-11/h4-5H,2-3,6-7,11H2,1H3,(H,12,13). The first kappa shape index (κ1) is 12.1. The third-order valence-corrected chi connectivity index (χ3v) is 3.08. The predicted molar refractivity (Wildman–Crippen MR) is 61.4 cm³/mol. The minimum atomic E-state index is -0.369. The van der Waals surface area contributed by atoms with Gasteiger partial charge in [0.2, 0.25) is 0 Å². The molecule has 1 aromatic rings. The molecule has 4 nitrogen and oxygen atoms in total. The van der Waals surface area contributed by atoms with Crippen molar-refractivity contribution in [2.75, 3.05) is 5.75 Å². The molecule has 0 aliphatic carbocycles. The van der Waals surface area contributed by atoms with Gasteiger partial charge in [-0.1, -0.05) is 13.3 Å². The van der Waals surface area contributed by atoms with Gasteiger partial charge in [-0.15, -0.1) is 0 Å². The van der Waals surface area contributed by atoms with Crippen LogP contribution in [0.2, 0.25) is 0 Å². The number of carbonyl (C=O) groups excluding carboxylic acids is 1. The average Bonchev–Trinajstić information content (AvgIpc) is 2.71. The smallest absolute Gasteiger partial charge is 0.301 e. The fourth-order valence-corrected chi connectivity index (χ4v) is 2.23. The van der Waals surface area contributed by atoms with E-state index in [1.165, 1.54) is 19.1 Å². The third-order valence-electron chi connectivity index (χ3n) is 1.98. The van der Waals surface area contributed by atoms with Crippen LogP contribution in [-0.2, 0) is 5.75 Å². The molecule has 0 radical (unpaired) electrons. The zero-order chi connectivity index (χ0) is 11.1. The Morgan fingerprint density at radius 2 is 2.47 bits per heavy atom. The second-order valence-electron chi connectivity index (χ2n) is 3.15. The molecule has 1 heterocycles. The fraction of sp³-hybridized carbons (Fsp3) is 0.500. The number of thioether (sulfide) groups is 1. The molecule has 0 aromatic carbocycles. The molecule has 0 unspecified atom stereocenters. The summed E-state index contributed by atoms with van der Waals surface area (Å²) in [5, 5.41) is 0. The zero-order valence-electron chi connectivity index (χ0n) is 8.79. The summed E-state index contributed by atoms with van der Waals surface area (Å²) in [5.41, 5.74) is 2.97. The van der Waals surface area contributed by atoms with Gasteiger partial charge in [-0.05, 0) is 18.2 Å². The van der Waals surface area contributed by atoms with E-state index in [2.05, 4.69) is 12.3 Å². The van der Waals surface area contributed by atoms with Crippen LogP contribution in [0.15, 0.2) is 16.7 Å². The number of nitrogens with two attached hydrogens (primary N) is 1. The molecule has 0 bridgehead atoms. The molecule has 1 rings (SSSR count). The molecule has 0 fully saturated rings.